The second-order valence-electron chi connectivity index (χ2n) is 4.78. The van der Waals surface area contributed by atoms with Crippen LogP contribution in [0.5, 0.6) is 5.75 Å². The third-order valence-electron chi connectivity index (χ3n) is 3.32. The number of aromatic nitrogens is 1. The van der Waals surface area contributed by atoms with Crippen LogP contribution < -0.4 is 10.5 Å². The van der Waals surface area contributed by atoms with Crippen LogP contribution in [0, 0.1) is 0 Å². The Morgan fingerprint density at radius 1 is 1.10 bits per heavy atom. The number of hydrogen-bond acceptors (Lipinski definition) is 3. The predicted molar refractivity (Wildman–Crippen MR) is 85.4 cm³/mol. The zero-order valence-corrected chi connectivity index (χ0v) is 12.2. The van der Waals surface area contributed by atoms with Crippen molar-refractivity contribution < 1.29 is 4.74 Å². The normalized spacial score (nSPS) is 10.8. The molecule has 3 nitrogen and oxygen atoms in total. The molecule has 0 bridgehead atoms. The Morgan fingerprint density at radius 2 is 2.00 bits per heavy atom. The summed E-state index contributed by atoms with van der Waals surface area (Å²) in [6.07, 6.45) is 1.79. The first-order chi connectivity index (χ1) is 10.3. The van der Waals surface area contributed by atoms with Gasteiger partial charge in [0.05, 0.1) is 5.52 Å². The van der Waals surface area contributed by atoms with Crippen molar-refractivity contribution >= 4 is 22.5 Å². The molecule has 0 saturated heterocycles. The van der Waals surface area contributed by atoms with Crippen LogP contribution in [0.4, 0.5) is 0 Å². The molecular formula is C17H15ClN2O. The van der Waals surface area contributed by atoms with Crippen LogP contribution >= 0.6 is 11.6 Å². The number of halogens is 1. The monoisotopic (exact) mass is 298 g/mol. The highest BCUT2D eigenvalue weighted by Gasteiger charge is 2.02. The lowest BCUT2D eigenvalue weighted by Gasteiger charge is -2.09. The molecule has 0 aliphatic carbocycles. The van der Waals surface area contributed by atoms with Crippen molar-refractivity contribution in [2.45, 2.75) is 13.2 Å². The van der Waals surface area contributed by atoms with Crippen molar-refractivity contribution in [3.8, 4) is 5.75 Å². The lowest BCUT2D eigenvalue weighted by Crippen LogP contribution is -1.99. The van der Waals surface area contributed by atoms with Crippen molar-refractivity contribution in [3.63, 3.8) is 0 Å². The molecule has 0 radical (unpaired) electrons. The third-order valence-corrected chi connectivity index (χ3v) is 3.67. The first-order valence-corrected chi connectivity index (χ1v) is 7.09. The predicted octanol–water partition coefficient (Wildman–Crippen LogP) is 3.93. The van der Waals surface area contributed by atoms with Gasteiger partial charge in [-0.1, -0.05) is 29.8 Å². The second kappa shape index (κ2) is 6.12. The van der Waals surface area contributed by atoms with Crippen molar-refractivity contribution in [2.75, 3.05) is 0 Å². The van der Waals surface area contributed by atoms with Crippen LogP contribution in [0.3, 0.4) is 0 Å². The summed E-state index contributed by atoms with van der Waals surface area (Å²) in [5.74, 6) is 0.739. The zero-order valence-electron chi connectivity index (χ0n) is 11.4. The topological polar surface area (TPSA) is 48.1 Å². The van der Waals surface area contributed by atoms with E-state index in [-0.39, 0.29) is 0 Å². The molecule has 0 fully saturated rings. The van der Waals surface area contributed by atoms with Gasteiger partial charge in [0.15, 0.2) is 0 Å². The number of rotatable bonds is 4. The van der Waals surface area contributed by atoms with Gasteiger partial charge in [-0.3, -0.25) is 4.98 Å². The van der Waals surface area contributed by atoms with Crippen molar-refractivity contribution in [1.82, 2.24) is 4.98 Å². The minimum Gasteiger partial charge on any atom is -0.489 e. The number of pyridine rings is 1. The van der Waals surface area contributed by atoms with E-state index in [1.807, 2.05) is 36.4 Å². The van der Waals surface area contributed by atoms with Crippen molar-refractivity contribution in [3.05, 3.63) is 70.9 Å². The average molecular weight is 299 g/mol. The van der Waals surface area contributed by atoms with Crippen LogP contribution in [-0.2, 0) is 13.2 Å². The standard InChI is InChI=1S/C17H15ClN2O/c18-16-9-15(5-4-14(16)10-19)21-11-12-3-6-17-13(8-12)2-1-7-20-17/h1-9H,10-11,19H2. The van der Waals surface area contributed by atoms with Gasteiger partial charge in [-0.25, -0.2) is 0 Å². The van der Waals surface area contributed by atoms with Gasteiger partial charge >= 0.3 is 0 Å². The van der Waals surface area contributed by atoms with Gasteiger partial charge in [0.1, 0.15) is 12.4 Å². The fourth-order valence-corrected chi connectivity index (χ4v) is 2.41. The van der Waals surface area contributed by atoms with Gasteiger partial charge in [0.25, 0.3) is 0 Å². The molecule has 0 aliphatic heterocycles. The average Bonchev–Trinajstić information content (AvgIpc) is 2.53. The molecule has 2 N–H and O–H groups in total. The van der Waals surface area contributed by atoms with Gasteiger partial charge < -0.3 is 10.5 Å². The summed E-state index contributed by atoms with van der Waals surface area (Å²) < 4.78 is 5.78. The molecule has 21 heavy (non-hydrogen) atoms. The number of benzene rings is 2. The van der Waals surface area contributed by atoms with Crippen molar-refractivity contribution in [1.29, 1.82) is 0 Å². The van der Waals surface area contributed by atoms with Gasteiger partial charge in [-0.2, -0.15) is 0 Å². The summed E-state index contributed by atoms with van der Waals surface area (Å²) in [5.41, 5.74) is 8.58. The van der Waals surface area contributed by atoms with Gasteiger partial charge in [-0.05, 0) is 41.5 Å². The molecule has 4 heteroatoms. The second-order valence-corrected chi connectivity index (χ2v) is 5.18. The van der Waals surface area contributed by atoms with Gasteiger partial charge in [0.2, 0.25) is 0 Å². The molecule has 1 aromatic heterocycles. The Hall–Kier alpha value is -2.10. The smallest absolute Gasteiger partial charge is 0.121 e. The summed E-state index contributed by atoms with van der Waals surface area (Å²) in [6.45, 7) is 0.917. The summed E-state index contributed by atoms with van der Waals surface area (Å²) in [7, 11) is 0. The summed E-state index contributed by atoms with van der Waals surface area (Å²) >= 11 is 6.12. The highest BCUT2D eigenvalue weighted by molar-refractivity contribution is 6.31. The van der Waals surface area contributed by atoms with E-state index < -0.39 is 0 Å². The molecule has 1 heterocycles. The van der Waals surface area contributed by atoms with Crippen LogP contribution in [0.2, 0.25) is 5.02 Å². The maximum Gasteiger partial charge on any atom is 0.121 e. The minimum atomic E-state index is 0.427. The first kappa shape index (κ1) is 13.9. The number of fused-ring (bicyclic) bond motifs is 1. The molecule has 106 valence electrons. The molecular weight excluding hydrogens is 284 g/mol. The van der Waals surface area contributed by atoms with E-state index in [0.717, 1.165) is 27.8 Å². The number of nitrogens with two attached hydrogens (primary N) is 1. The van der Waals surface area contributed by atoms with E-state index in [9.17, 15) is 0 Å². The Labute approximate surface area is 128 Å². The van der Waals surface area contributed by atoms with Gasteiger partial charge in [0, 0.05) is 23.2 Å². The minimum absolute atomic E-state index is 0.427. The molecule has 0 amide bonds. The molecule has 0 spiro atoms. The first-order valence-electron chi connectivity index (χ1n) is 6.71. The third kappa shape index (κ3) is 3.15. The van der Waals surface area contributed by atoms with Crippen LogP contribution in [0.15, 0.2) is 54.7 Å². The van der Waals surface area contributed by atoms with Crippen LogP contribution in [0.25, 0.3) is 10.9 Å². The van der Waals surface area contributed by atoms with E-state index in [1.54, 1.807) is 12.3 Å². The number of nitrogens with zero attached hydrogens (tertiary/aromatic N) is 1. The fraction of sp³-hybridized carbons (Fsp3) is 0.118. The quantitative estimate of drug-likeness (QED) is 0.794. The van der Waals surface area contributed by atoms with E-state index >= 15 is 0 Å². The maximum absolute atomic E-state index is 6.12. The highest BCUT2D eigenvalue weighted by Crippen LogP contribution is 2.23. The largest absolute Gasteiger partial charge is 0.489 e. The Balaban J connectivity index is 1.75. The lowest BCUT2D eigenvalue weighted by atomic mass is 10.1. The van der Waals surface area contributed by atoms with Gasteiger partial charge in [-0.15, -0.1) is 0 Å². The van der Waals surface area contributed by atoms with E-state index in [4.69, 9.17) is 22.1 Å². The molecule has 0 atom stereocenters. The molecule has 3 rings (SSSR count). The molecule has 0 aliphatic rings. The fourth-order valence-electron chi connectivity index (χ4n) is 2.16. The highest BCUT2D eigenvalue weighted by atomic mass is 35.5. The number of hydrogen-bond donors (Lipinski definition) is 1. The van der Waals surface area contributed by atoms with E-state index in [2.05, 4.69) is 11.1 Å². The number of ether oxygens (including phenoxy) is 1. The molecule has 3 aromatic rings. The van der Waals surface area contributed by atoms with Crippen LogP contribution in [0.1, 0.15) is 11.1 Å². The van der Waals surface area contributed by atoms with Crippen molar-refractivity contribution in [2.24, 2.45) is 5.73 Å². The Kier molecular flexibility index (Phi) is 4.04. The lowest BCUT2D eigenvalue weighted by molar-refractivity contribution is 0.306. The van der Waals surface area contributed by atoms with Crippen LogP contribution in [-0.4, -0.2) is 4.98 Å². The maximum atomic E-state index is 6.12. The summed E-state index contributed by atoms with van der Waals surface area (Å²) in [5, 5.41) is 1.74. The summed E-state index contributed by atoms with van der Waals surface area (Å²) in [6, 6.07) is 15.6. The van der Waals surface area contributed by atoms with E-state index in [0.29, 0.717) is 18.2 Å². The summed E-state index contributed by atoms with van der Waals surface area (Å²) in [4.78, 5) is 4.30. The molecule has 0 saturated carbocycles. The Morgan fingerprint density at radius 3 is 2.81 bits per heavy atom. The van der Waals surface area contributed by atoms with E-state index in [1.165, 1.54) is 0 Å². The SMILES string of the molecule is NCc1ccc(OCc2ccc3ncccc3c2)cc1Cl. The zero-order chi connectivity index (χ0) is 14.7. The Bertz CT molecular complexity index is 774. The molecule has 2 aromatic carbocycles. The molecule has 0 unspecified atom stereocenters.